The first kappa shape index (κ1) is 24.7. The zero-order valence-electron chi connectivity index (χ0n) is 18.2. The highest BCUT2D eigenvalue weighted by molar-refractivity contribution is 7.26. The Hall–Kier alpha value is -0.910. The van der Waals surface area contributed by atoms with Crippen LogP contribution in [-0.4, -0.2) is 43.3 Å². The van der Waals surface area contributed by atoms with Gasteiger partial charge in [0.1, 0.15) is 12.4 Å². The minimum Gasteiger partial charge on any atom is -0.489 e. The number of rotatable bonds is 9. The van der Waals surface area contributed by atoms with Crippen LogP contribution in [-0.2, 0) is 20.4 Å². The van der Waals surface area contributed by atoms with E-state index in [1.807, 2.05) is 63.2 Å². The lowest BCUT2D eigenvalue weighted by Gasteiger charge is -2.33. The first-order chi connectivity index (χ1) is 14.8. The Balaban J connectivity index is 1.45. The van der Waals surface area contributed by atoms with Gasteiger partial charge in [-0.25, -0.2) is 0 Å². The van der Waals surface area contributed by atoms with Gasteiger partial charge in [-0.1, -0.05) is 41.4 Å². The topological polar surface area (TPSA) is 40.2 Å². The second kappa shape index (κ2) is 11.8. The minimum atomic E-state index is -0.169. The number of hydrogen-bond donors (Lipinski definition) is 0. The molecular formula is C23H30Cl2NO4P. The molecule has 2 unspecified atom stereocenters. The van der Waals surface area contributed by atoms with E-state index in [2.05, 4.69) is 4.90 Å². The molecule has 1 fully saturated rings. The van der Waals surface area contributed by atoms with Crippen LogP contribution in [0.25, 0.3) is 0 Å². The SMILES string of the molecule is CC(C)(C)OPOCCN1CCOC(c2ccc(OCc3c(Cl)cccc3Cl)cc2)C1. The van der Waals surface area contributed by atoms with E-state index in [1.165, 1.54) is 0 Å². The number of hydrogen-bond acceptors (Lipinski definition) is 5. The van der Waals surface area contributed by atoms with Crippen molar-refractivity contribution in [2.45, 2.75) is 39.1 Å². The normalized spacial score (nSPS) is 18.0. The third-order valence-electron chi connectivity index (χ3n) is 4.76. The average Bonchev–Trinajstić information content (AvgIpc) is 2.73. The molecule has 170 valence electrons. The van der Waals surface area contributed by atoms with Gasteiger partial charge in [-0.05, 0) is 50.6 Å². The van der Waals surface area contributed by atoms with Crippen molar-refractivity contribution >= 4 is 32.2 Å². The fourth-order valence-electron chi connectivity index (χ4n) is 3.08. The molecule has 0 saturated carbocycles. The summed E-state index contributed by atoms with van der Waals surface area (Å²) in [6.07, 6.45) is 0.0362. The van der Waals surface area contributed by atoms with E-state index in [0.29, 0.717) is 29.9 Å². The Morgan fingerprint density at radius 1 is 1.10 bits per heavy atom. The van der Waals surface area contributed by atoms with Gasteiger partial charge >= 0.3 is 0 Å². The van der Waals surface area contributed by atoms with Gasteiger partial charge in [-0.15, -0.1) is 0 Å². The van der Waals surface area contributed by atoms with Crippen molar-refractivity contribution in [3.05, 3.63) is 63.6 Å². The van der Waals surface area contributed by atoms with E-state index < -0.39 is 0 Å². The van der Waals surface area contributed by atoms with Crippen LogP contribution < -0.4 is 4.74 Å². The van der Waals surface area contributed by atoms with Crippen molar-refractivity contribution in [1.29, 1.82) is 0 Å². The summed E-state index contributed by atoms with van der Waals surface area (Å²) < 4.78 is 23.1. The minimum absolute atomic E-state index is 0.0362. The van der Waals surface area contributed by atoms with Gasteiger partial charge in [-0.2, -0.15) is 0 Å². The van der Waals surface area contributed by atoms with E-state index in [0.717, 1.165) is 36.5 Å². The van der Waals surface area contributed by atoms with Gasteiger partial charge in [0.25, 0.3) is 0 Å². The van der Waals surface area contributed by atoms with Gasteiger partial charge in [0.15, 0.2) is 9.03 Å². The summed E-state index contributed by atoms with van der Waals surface area (Å²) in [5.41, 5.74) is 1.75. The zero-order valence-corrected chi connectivity index (χ0v) is 20.7. The van der Waals surface area contributed by atoms with E-state index in [1.54, 1.807) is 0 Å². The van der Waals surface area contributed by atoms with Crippen LogP contribution >= 0.6 is 32.2 Å². The van der Waals surface area contributed by atoms with Gasteiger partial charge in [0.2, 0.25) is 0 Å². The third-order valence-corrected chi connectivity index (χ3v) is 6.49. The number of nitrogens with zero attached hydrogens (tertiary/aromatic N) is 1. The Morgan fingerprint density at radius 2 is 1.81 bits per heavy atom. The number of benzene rings is 2. The maximum atomic E-state index is 6.21. The molecule has 31 heavy (non-hydrogen) atoms. The van der Waals surface area contributed by atoms with Gasteiger partial charge < -0.3 is 18.5 Å². The molecule has 1 aliphatic heterocycles. The van der Waals surface area contributed by atoms with E-state index >= 15 is 0 Å². The first-order valence-electron chi connectivity index (χ1n) is 10.4. The molecule has 1 heterocycles. The molecule has 0 amide bonds. The Bertz CT molecular complexity index is 809. The summed E-state index contributed by atoms with van der Waals surface area (Å²) >= 11 is 12.4. The van der Waals surface area contributed by atoms with E-state index in [-0.39, 0.29) is 20.7 Å². The predicted molar refractivity (Wildman–Crippen MR) is 127 cm³/mol. The molecule has 3 rings (SSSR count). The average molecular weight is 486 g/mol. The summed E-state index contributed by atoms with van der Waals surface area (Å²) in [6, 6.07) is 13.4. The Morgan fingerprint density at radius 3 is 2.48 bits per heavy atom. The molecule has 1 aliphatic rings. The highest BCUT2D eigenvalue weighted by Crippen LogP contribution is 2.28. The monoisotopic (exact) mass is 485 g/mol. The fraction of sp³-hybridized carbons (Fsp3) is 0.478. The molecule has 0 aliphatic carbocycles. The molecule has 0 aromatic heterocycles. The predicted octanol–water partition coefficient (Wildman–Crippen LogP) is 6.29. The van der Waals surface area contributed by atoms with Crippen molar-refractivity contribution in [2.24, 2.45) is 0 Å². The largest absolute Gasteiger partial charge is 0.489 e. The smallest absolute Gasteiger partial charge is 0.155 e. The Kier molecular flexibility index (Phi) is 9.42. The third kappa shape index (κ3) is 8.18. The molecule has 8 heteroatoms. The van der Waals surface area contributed by atoms with Crippen molar-refractivity contribution in [3.8, 4) is 5.75 Å². The summed E-state index contributed by atoms with van der Waals surface area (Å²) in [4.78, 5) is 2.36. The summed E-state index contributed by atoms with van der Waals surface area (Å²) in [5.74, 6) is 0.764. The van der Waals surface area contributed by atoms with E-state index in [4.69, 9.17) is 41.7 Å². The lowest BCUT2D eigenvalue weighted by Crippen LogP contribution is -2.39. The fourth-order valence-corrected chi connectivity index (χ4v) is 4.07. The quantitative estimate of drug-likeness (QED) is 0.308. The molecule has 1 saturated heterocycles. The maximum absolute atomic E-state index is 6.21. The zero-order chi connectivity index (χ0) is 22.3. The number of halogens is 2. The van der Waals surface area contributed by atoms with Crippen LogP contribution in [0.4, 0.5) is 0 Å². The second-order valence-corrected chi connectivity index (χ2v) is 9.84. The Labute approximate surface area is 196 Å². The van der Waals surface area contributed by atoms with Crippen molar-refractivity contribution in [3.63, 3.8) is 0 Å². The molecule has 0 bridgehead atoms. The molecule has 0 radical (unpaired) electrons. The van der Waals surface area contributed by atoms with Crippen LogP contribution in [0.2, 0.25) is 10.0 Å². The van der Waals surface area contributed by atoms with Crippen LogP contribution in [0.3, 0.4) is 0 Å². The van der Waals surface area contributed by atoms with Crippen LogP contribution in [0.5, 0.6) is 5.75 Å². The molecule has 2 atom stereocenters. The molecule has 0 N–H and O–H groups in total. The van der Waals surface area contributed by atoms with Gasteiger partial charge in [-0.3, -0.25) is 4.90 Å². The number of morpholine rings is 1. The van der Waals surface area contributed by atoms with Crippen LogP contribution in [0.1, 0.15) is 38.0 Å². The van der Waals surface area contributed by atoms with Crippen molar-refractivity contribution in [1.82, 2.24) is 4.90 Å². The van der Waals surface area contributed by atoms with Crippen molar-refractivity contribution in [2.75, 3.05) is 32.8 Å². The molecule has 2 aromatic carbocycles. The summed E-state index contributed by atoms with van der Waals surface area (Å²) in [5, 5.41) is 1.21. The van der Waals surface area contributed by atoms with Gasteiger partial charge in [0.05, 0.1) is 24.9 Å². The van der Waals surface area contributed by atoms with Gasteiger partial charge in [0, 0.05) is 35.2 Å². The lowest BCUT2D eigenvalue weighted by atomic mass is 10.1. The molecule has 2 aromatic rings. The van der Waals surface area contributed by atoms with E-state index in [9.17, 15) is 0 Å². The van der Waals surface area contributed by atoms with Crippen LogP contribution in [0.15, 0.2) is 42.5 Å². The highest BCUT2D eigenvalue weighted by Gasteiger charge is 2.22. The molecule has 0 spiro atoms. The van der Waals surface area contributed by atoms with Crippen molar-refractivity contribution < 1.29 is 18.5 Å². The summed E-state index contributed by atoms with van der Waals surface area (Å²) in [6.45, 7) is 10.4. The van der Waals surface area contributed by atoms with Crippen LogP contribution in [0, 0.1) is 0 Å². The highest BCUT2D eigenvalue weighted by atomic mass is 35.5. The molecule has 5 nitrogen and oxygen atoms in total. The molecular weight excluding hydrogens is 456 g/mol. The maximum Gasteiger partial charge on any atom is 0.155 e. The standard InChI is InChI=1S/C23H30Cl2NO4P/c1-23(2,3)30-31-29-14-12-26-11-13-27-22(15-26)17-7-9-18(10-8-17)28-16-19-20(24)5-4-6-21(19)25/h4-10,22,31H,11-16H2,1-3H3. The lowest BCUT2D eigenvalue weighted by molar-refractivity contribution is -0.0330. The summed E-state index contributed by atoms with van der Waals surface area (Å²) in [7, 11) is 0.0688. The number of ether oxygens (including phenoxy) is 2. The first-order valence-corrected chi connectivity index (χ1v) is 11.9. The second-order valence-electron chi connectivity index (χ2n) is 8.36.